The molecule has 0 fully saturated rings. The molecular weight excluding hydrogens is 289 g/mol. The van der Waals surface area contributed by atoms with E-state index in [1.165, 1.54) is 0 Å². The number of ether oxygens (including phenoxy) is 2. The van der Waals surface area contributed by atoms with Crippen LogP contribution in [0.25, 0.3) is 0 Å². The second-order valence-corrected chi connectivity index (χ2v) is 4.76. The molecule has 0 bridgehead atoms. The number of carbonyl (C=O) groups excluding carboxylic acids is 1. The third-order valence-electron chi connectivity index (χ3n) is 2.34. The van der Waals surface area contributed by atoms with Gasteiger partial charge in [0.25, 0.3) is 0 Å². The minimum atomic E-state index is -0.249. The lowest BCUT2D eigenvalue weighted by molar-refractivity contribution is -0.144. The summed E-state index contributed by atoms with van der Waals surface area (Å²) >= 11 is 11.9. The molecule has 0 aliphatic heterocycles. The summed E-state index contributed by atoms with van der Waals surface area (Å²) in [5.41, 5.74) is 0. The van der Waals surface area contributed by atoms with Crippen LogP contribution >= 0.6 is 23.2 Å². The number of rotatable bonds is 7. The lowest BCUT2D eigenvalue weighted by atomic mass is 10.3. The average Bonchev–Trinajstić information content (AvgIpc) is 2.33. The molecule has 0 radical (unpaired) electrons. The zero-order valence-corrected chi connectivity index (χ0v) is 12.5. The van der Waals surface area contributed by atoms with Crippen molar-refractivity contribution in [3.8, 4) is 5.75 Å². The number of halogens is 2. The Labute approximate surface area is 123 Å². The number of para-hydroxylation sites is 1. The van der Waals surface area contributed by atoms with E-state index in [1.54, 1.807) is 25.1 Å². The van der Waals surface area contributed by atoms with Crippen LogP contribution in [-0.2, 0) is 9.53 Å². The number of likely N-dealkylation sites (N-methyl/N-ethyl adjacent to an activating group) is 1. The van der Waals surface area contributed by atoms with E-state index in [2.05, 4.69) is 0 Å². The molecule has 19 heavy (non-hydrogen) atoms. The number of benzene rings is 1. The van der Waals surface area contributed by atoms with Crippen LogP contribution in [0.3, 0.4) is 0 Å². The van der Waals surface area contributed by atoms with Crippen molar-refractivity contribution in [1.82, 2.24) is 4.90 Å². The van der Waals surface area contributed by atoms with E-state index >= 15 is 0 Å². The first kappa shape index (κ1) is 16.1. The molecule has 0 heterocycles. The zero-order chi connectivity index (χ0) is 14.3. The Morgan fingerprint density at radius 3 is 2.53 bits per heavy atom. The molecule has 0 unspecified atom stereocenters. The van der Waals surface area contributed by atoms with Crippen LogP contribution in [0, 0.1) is 0 Å². The first-order valence-electron chi connectivity index (χ1n) is 5.95. The predicted octanol–water partition coefficient (Wildman–Crippen LogP) is 2.87. The largest absolute Gasteiger partial charge is 0.489 e. The number of esters is 1. The molecule has 106 valence electrons. The normalized spacial score (nSPS) is 10.6. The summed E-state index contributed by atoms with van der Waals surface area (Å²) < 4.78 is 10.4. The summed E-state index contributed by atoms with van der Waals surface area (Å²) in [6.45, 7) is 3.35. The van der Waals surface area contributed by atoms with Crippen molar-refractivity contribution in [3.63, 3.8) is 0 Å². The number of hydrogen-bond acceptors (Lipinski definition) is 4. The minimum Gasteiger partial charge on any atom is -0.489 e. The third-order valence-corrected chi connectivity index (χ3v) is 2.94. The van der Waals surface area contributed by atoms with Crippen molar-refractivity contribution in [2.75, 3.05) is 33.4 Å². The molecule has 6 heteroatoms. The maximum absolute atomic E-state index is 11.2. The Bertz CT molecular complexity index is 406. The van der Waals surface area contributed by atoms with Gasteiger partial charge >= 0.3 is 5.97 Å². The molecule has 0 aliphatic rings. The van der Waals surface area contributed by atoms with Crippen molar-refractivity contribution in [2.45, 2.75) is 6.92 Å². The van der Waals surface area contributed by atoms with Crippen molar-refractivity contribution in [1.29, 1.82) is 0 Å². The molecule has 4 nitrogen and oxygen atoms in total. The summed E-state index contributed by atoms with van der Waals surface area (Å²) in [5.74, 6) is 0.219. The Morgan fingerprint density at radius 2 is 1.95 bits per heavy atom. The number of nitrogens with zero attached hydrogens (tertiary/aromatic N) is 1. The van der Waals surface area contributed by atoms with Crippen molar-refractivity contribution in [3.05, 3.63) is 28.2 Å². The fraction of sp³-hybridized carbons (Fsp3) is 0.462. The molecule has 0 saturated heterocycles. The lowest BCUT2D eigenvalue weighted by Crippen LogP contribution is -2.31. The second-order valence-electron chi connectivity index (χ2n) is 3.94. The topological polar surface area (TPSA) is 38.8 Å². The van der Waals surface area contributed by atoms with Gasteiger partial charge < -0.3 is 9.47 Å². The first-order valence-corrected chi connectivity index (χ1v) is 6.71. The van der Waals surface area contributed by atoms with Crippen LogP contribution < -0.4 is 4.74 Å². The van der Waals surface area contributed by atoms with E-state index in [4.69, 9.17) is 32.7 Å². The van der Waals surface area contributed by atoms with Gasteiger partial charge in [0.1, 0.15) is 6.61 Å². The standard InChI is InChI=1S/C13H17Cl2NO3/c1-3-18-12(17)9-16(2)7-8-19-13-10(14)5-4-6-11(13)15/h4-6H,3,7-9H2,1-2H3. The van der Waals surface area contributed by atoms with E-state index in [1.807, 2.05) is 11.9 Å². The quantitative estimate of drug-likeness (QED) is 0.726. The van der Waals surface area contributed by atoms with Gasteiger partial charge in [-0.3, -0.25) is 9.69 Å². The van der Waals surface area contributed by atoms with Gasteiger partial charge in [0.15, 0.2) is 5.75 Å². The highest BCUT2D eigenvalue weighted by Gasteiger charge is 2.09. The summed E-state index contributed by atoms with van der Waals surface area (Å²) in [7, 11) is 1.81. The monoisotopic (exact) mass is 305 g/mol. The predicted molar refractivity (Wildman–Crippen MR) is 76.1 cm³/mol. The average molecular weight is 306 g/mol. The molecule has 0 N–H and O–H groups in total. The highest BCUT2D eigenvalue weighted by molar-refractivity contribution is 6.37. The van der Waals surface area contributed by atoms with Crippen LogP contribution in [0.15, 0.2) is 18.2 Å². The molecule has 1 rings (SSSR count). The maximum atomic E-state index is 11.2. The van der Waals surface area contributed by atoms with Crippen molar-refractivity contribution in [2.24, 2.45) is 0 Å². The molecular formula is C13H17Cl2NO3. The fourth-order valence-corrected chi connectivity index (χ4v) is 1.94. The Kier molecular flexibility index (Phi) is 6.99. The summed E-state index contributed by atoms with van der Waals surface area (Å²) in [4.78, 5) is 13.1. The number of hydrogen-bond donors (Lipinski definition) is 0. The van der Waals surface area contributed by atoms with Crippen LogP contribution in [0.1, 0.15) is 6.92 Å². The van der Waals surface area contributed by atoms with Crippen LogP contribution in [0.2, 0.25) is 10.0 Å². The van der Waals surface area contributed by atoms with Gasteiger partial charge in [-0.15, -0.1) is 0 Å². The van der Waals surface area contributed by atoms with Gasteiger partial charge in [0, 0.05) is 6.54 Å². The maximum Gasteiger partial charge on any atom is 0.320 e. The van der Waals surface area contributed by atoms with Crippen LogP contribution in [0.5, 0.6) is 5.75 Å². The third kappa shape index (κ3) is 5.68. The highest BCUT2D eigenvalue weighted by atomic mass is 35.5. The number of carbonyl (C=O) groups is 1. The Morgan fingerprint density at radius 1 is 1.32 bits per heavy atom. The second kappa shape index (κ2) is 8.25. The Balaban J connectivity index is 2.36. The molecule has 0 aromatic heterocycles. The van der Waals surface area contributed by atoms with E-state index in [0.29, 0.717) is 35.6 Å². The van der Waals surface area contributed by atoms with Gasteiger partial charge in [-0.25, -0.2) is 0 Å². The van der Waals surface area contributed by atoms with E-state index in [-0.39, 0.29) is 12.5 Å². The fourth-order valence-electron chi connectivity index (χ4n) is 1.43. The van der Waals surface area contributed by atoms with Gasteiger partial charge in [-0.1, -0.05) is 29.3 Å². The van der Waals surface area contributed by atoms with Crippen molar-refractivity contribution < 1.29 is 14.3 Å². The first-order chi connectivity index (χ1) is 9.04. The molecule has 1 aromatic carbocycles. The van der Waals surface area contributed by atoms with Crippen LogP contribution in [-0.4, -0.2) is 44.2 Å². The van der Waals surface area contributed by atoms with Gasteiger partial charge in [-0.05, 0) is 26.1 Å². The lowest BCUT2D eigenvalue weighted by Gasteiger charge is -2.16. The molecule has 1 aromatic rings. The SMILES string of the molecule is CCOC(=O)CN(C)CCOc1c(Cl)cccc1Cl. The van der Waals surface area contributed by atoms with Gasteiger partial charge in [0.05, 0.1) is 23.2 Å². The summed E-state index contributed by atoms with van der Waals surface area (Å²) in [6.07, 6.45) is 0. The Hall–Kier alpha value is -0.970. The van der Waals surface area contributed by atoms with E-state index in [9.17, 15) is 4.79 Å². The van der Waals surface area contributed by atoms with Gasteiger partial charge in [-0.2, -0.15) is 0 Å². The molecule has 0 atom stereocenters. The molecule has 0 amide bonds. The van der Waals surface area contributed by atoms with E-state index < -0.39 is 0 Å². The summed E-state index contributed by atoms with van der Waals surface area (Å²) in [6, 6.07) is 5.18. The molecule has 0 spiro atoms. The van der Waals surface area contributed by atoms with Gasteiger partial charge in [0.2, 0.25) is 0 Å². The van der Waals surface area contributed by atoms with Crippen LogP contribution in [0.4, 0.5) is 0 Å². The zero-order valence-electron chi connectivity index (χ0n) is 11.0. The summed E-state index contributed by atoms with van der Waals surface area (Å²) in [5, 5.41) is 0.945. The molecule has 0 aliphatic carbocycles. The smallest absolute Gasteiger partial charge is 0.320 e. The molecule has 0 saturated carbocycles. The highest BCUT2D eigenvalue weighted by Crippen LogP contribution is 2.32. The van der Waals surface area contributed by atoms with E-state index in [0.717, 1.165) is 0 Å². The van der Waals surface area contributed by atoms with Crippen molar-refractivity contribution >= 4 is 29.2 Å². The minimum absolute atomic E-state index is 0.230.